The van der Waals surface area contributed by atoms with E-state index in [1.165, 1.54) is 24.3 Å². The molecule has 120 valence electrons. The molecule has 9 heteroatoms. The average molecular weight is 325 g/mol. The number of halogens is 3. The van der Waals surface area contributed by atoms with Gasteiger partial charge in [-0.25, -0.2) is 4.98 Å². The van der Waals surface area contributed by atoms with Crippen molar-refractivity contribution < 1.29 is 27.1 Å². The lowest BCUT2D eigenvalue weighted by atomic mass is 10.2. The van der Waals surface area contributed by atoms with Gasteiger partial charge in [-0.1, -0.05) is 0 Å². The van der Waals surface area contributed by atoms with Gasteiger partial charge in [-0.3, -0.25) is 0 Å². The van der Waals surface area contributed by atoms with Crippen molar-refractivity contribution in [3.63, 3.8) is 0 Å². The summed E-state index contributed by atoms with van der Waals surface area (Å²) in [6.07, 6.45) is -4.73. The molecule has 3 rings (SSSR count). The number of hydrogen-bond acceptors (Lipinski definition) is 6. The van der Waals surface area contributed by atoms with Gasteiger partial charge in [-0.2, -0.15) is 0 Å². The summed E-state index contributed by atoms with van der Waals surface area (Å²) >= 11 is 0. The third-order valence-corrected chi connectivity index (χ3v) is 2.78. The summed E-state index contributed by atoms with van der Waals surface area (Å²) in [5.41, 5.74) is 0.471. The largest absolute Gasteiger partial charge is 0.573 e. The smallest absolute Gasteiger partial charge is 0.468 e. The SMILES string of the molecule is Cc1nnc(COc2ccc3cc(OC(F)(F)F)ccc3n2)o1. The summed E-state index contributed by atoms with van der Waals surface area (Å²) in [4.78, 5) is 4.19. The molecule has 23 heavy (non-hydrogen) atoms. The predicted molar refractivity (Wildman–Crippen MR) is 71.8 cm³/mol. The van der Waals surface area contributed by atoms with Gasteiger partial charge in [-0.05, 0) is 24.3 Å². The molecule has 0 fully saturated rings. The minimum atomic E-state index is -4.73. The summed E-state index contributed by atoms with van der Waals surface area (Å²) in [6.45, 7) is 1.71. The van der Waals surface area contributed by atoms with E-state index in [2.05, 4.69) is 19.9 Å². The van der Waals surface area contributed by atoms with Crippen LogP contribution < -0.4 is 9.47 Å². The second kappa shape index (κ2) is 5.75. The first kappa shape index (κ1) is 15.1. The fourth-order valence-corrected chi connectivity index (χ4v) is 1.89. The van der Waals surface area contributed by atoms with Crippen LogP contribution in [0.5, 0.6) is 11.6 Å². The maximum Gasteiger partial charge on any atom is 0.573 e. The van der Waals surface area contributed by atoms with Crippen molar-refractivity contribution in [1.82, 2.24) is 15.2 Å². The summed E-state index contributed by atoms with van der Waals surface area (Å²) in [5, 5.41) is 7.93. The Balaban J connectivity index is 1.75. The molecule has 0 spiro atoms. The van der Waals surface area contributed by atoms with E-state index in [0.29, 0.717) is 22.7 Å². The van der Waals surface area contributed by atoms with E-state index >= 15 is 0 Å². The topological polar surface area (TPSA) is 70.3 Å². The Labute approximate surface area is 127 Å². The zero-order valence-corrected chi connectivity index (χ0v) is 11.8. The van der Waals surface area contributed by atoms with Crippen LogP contribution in [0.2, 0.25) is 0 Å². The number of nitrogens with zero attached hydrogens (tertiary/aromatic N) is 3. The second-order valence-corrected chi connectivity index (χ2v) is 4.56. The standard InChI is InChI=1S/C14H10F3N3O3/c1-8-19-20-13(22-8)7-21-12-5-2-9-6-10(23-14(15,16)17)3-4-11(9)18-12/h2-6H,7H2,1H3. The maximum atomic E-state index is 12.2. The summed E-state index contributed by atoms with van der Waals surface area (Å²) in [7, 11) is 0. The van der Waals surface area contributed by atoms with Crippen LogP contribution >= 0.6 is 0 Å². The first-order valence-electron chi connectivity index (χ1n) is 6.47. The number of aryl methyl sites for hydroxylation is 1. The van der Waals surface area contributed by atoms with Gasteiger partial charge >= 0.3 is 6.36 Å². The highest BCUT2D eigenvalue weighted by Crippen LogP contribution is 2.27. The highest BCUT2D eigenvalue weighted by molar-refractivity contribution is 5.80. The molecule has 0 atom stereocenters. The van der Waals surface area contributed by atoms with Gasteiger partial charge in [0.2, 0.25) is 11.8 Å². The van der Waals surface area contributed by atoms with Crippen LogP contribution in [-0.2, 0) is 6.61 Å². The lowest BCUT2D eigenvalue weighted by Crippen LogP contribution is -2.17. The van der Waals surface area contributed by atoms with Crippen molar-refractivity contribution in [1.29, 1.82) is 0 Å². The van der Waals surface area contributed by atoms with Crippen LogP contribution in [-0.4, -0.2) is 21.5 Å². The van der Waals surface area contributed by atoms with Crippen LogP contribution in [0.1, 0.15) is 11.8 Å². The zero-order valence-electron chi connectivity index (χ0n) is 11.8. The lowest BCUT2D eigenvalue weighted by molar-refractivity contribution is -0.274. The molecule has 0 aliphatic rings. The number of fused-ring (bicyclic) bond motifs is 1. The van der Waals surface area contributed by atoms with Gasteiger partial charge in [0, 0.05) is 18.4 Å². The third kappa shape index (κ3) is 3.87. The Morgan fingerprint density at radius 1 is 1.13 bits per heavy atom. The molecule has 0 N–H and O–H groups in total. The fraction of sp³-hybridized carbons (Fsp3) is 0.214. The minimum Gasteiger partial charge on any atom is -0.468 e. The summed E-state index contributed by atoms with van der Waals surface area (Å²) in [6, 6.07) is 6.97. The molecular formula is C14H10F3N3O3. The predicted octanol–water partition coefficient (Wildman–Crippen LogP) is 3.40. The van der Waals surface area contributed by atoms with Crippen LogP contribution in [0.3, 0.4) is 0 Å². The molecule has 2 aromatic heterocycles. The molecule has 0 aliphatic heterocycles. The Bertz CT molecular complexity index is 833. The number of benzene rings is 1. The molecule has 0 radical (unpaired) electrons. The Hall–Kier alpha value is -2.84. The maximum absolute atomic E-state index is 12.2. The molecule has 2 heterocycles. The number of hydrogen-bond donors (Lipinski definition) is 0. The van der Waals surface area contributed by atoms with Gasteiger partial charge < -0.3 is 13.9 Å². The van der Waals surface area contributed by atoms with Crippen LogP contribution in [0.15, 0.2) is 34.7 Å². The van der Waals surface area contributed by atoms with Gasteiger partial charge in [0.1, 0.15) is 5.75 Å². The van der Waals surface area contributed by atoms with Crippen molar-refractivity contribution in [3.05, 3.63) is 42.1 Å². The van der Waals surface area contributed by atoms with Crippen LogP contribution in [0, 0.1) is 6.92 Å². The van der Waals surface area contributed by atoms with E-state index in [1.807, 2.05) is 0 Å². The van der Waals surface area contributed by atoms with Crippen molar-refractivity contribution >= 4 is 10.9 Å². The molecule has 1 aromatic carbocycles. The average Bonchev–Trinajstić information content (AvgIpc) is 2.89. The molecule has 0 aliphatic carbocycles. The molecule has 6 nitrogen and oxygen atoms in total. The lowest BCUT2D eigenvalue weighted by Gasteiger charge is -2.09. The van der Waals surface area contributed by atoms with Gasteiger partial charge in [0.05, 0.1) is 5.52 Å². The quantitative estimate of drug-likeness (QED) is 0.732. The molecule has 0 saturated carbocycles. The van der Waals surface area contributed by atoms with Crippen molar-refractivity contribution in [3.8, 4) is 11.6 Å². The van der Waals surface area contributed by atoms with Gasteiger partial charge in [0.15, 0.2) is 6.61 Å². The number of ether oxygens (including phenoxy) is 2. The normalized spacial score (nSPS) is 11.7. The van der Waals surface area contributed by atoms with Gasteiger partial charge in [-0.15, -0.1) is 23.4 Å². The summed E-state index contributed by atoms with van der Waals surface area (Å²) in [5.74, 6) is 0.713. The fourth-order valence-electron chi connectivity index (χ4n) is 1.89. The molecule has 3 aromatic rings. The van der Waals surface area contributed by atoms with Crippen molar-refractivity contribution in [2.75, 3.05) is 0 Å². The van der Waals surface area contributed by atoms with Crippen LogP contribution in [0.4, 0.5) is 13.2 Å². The van der Waals surface area contributed by atoms with Crippen molar-refractivity contribution in [2.24, 2.45) is 0 Å². The Morgan fingerprint density at radius 3 is 2.65 bits per heavy atom. The zero-order chi connectivity index (χ0) is 16.4. The minimum absolute atomic E-state index is 0.0502. The first-order valence-corrected chi connectivity index (χ1v) is 6.47. The Kier molecular flexibility index (Phi) is 3.77. The number of rotatable bonds is 4. The van der Waals surface area contributed by atoms with E-state index in [-0.39, 0.29) is 18.2 Å². The number of pyridine rings is 1. The molecule has 0 bridgehead atoms. The number of alkyl halides is 3. The van der Waals surface area contributed by atoms with Gasteiger partial charge in [0.25, 0.3) is 5.89 Å². The second-order valence-electron chi connectivity index (χ2n) is 4.56. The van der Waals surface area contributed by atoms with E-state index in [0.717, 1.165) is 0 Å². The summed E-state index contributed by atoms with van der Waals surface area (Å²) < 4.78 is 51.0. The van der Waals surface area contributed by atoms with E-state index in [9.17, 15) is 13.2 Å². The first-order chi connectivity index (χ1) is 10.9. The monoisotopic (exact) mass is 325 g/mol. The van der Waals surface area contributed by atoms with E-state index in [1.54, 1.807) is 13.0 Å². The van der Waals surface area contributed by atoms with E-state index in [4.69, 9.17) is 9.15 Å². The van der Waals surface area contributed by atoms with Crippen molar-refractivity contribution in [2.45, 2.75) is 19.9 Å². The molecule has 0 amide bonds. The molecule has 0 saturated heterocycles. The number of aromatic nitrogens is 3. The highest BCUT2D eigenvalue weighted by atomic mass is 19.4. The highest BCUT2D eigenvalue weighted by Gasteiger charge is 2.31. The molecular weight excluding hydrogens is 315 g/mol. The third-order valence-electron chi connectivity index (χ3n) is 2.78. The van der Waals surface area contributed by atoms with Crippen LogP contribution in [0.25, 0.3) is 10.9 Å². The van der Waals surface area contributed by atoms with E-state index < -0.39 is 6.36 Å². The molecule has 0 unspecified atom stereocenters. The Morgan fingerprint density at radius 2 is 1.96 bits per heavy atom.